The fourth-order valence-electron chi connectivity index (χ4n) is 6.62. The van der Waals surface area contributed by atoms with Crippen molar-refractivity contribution in [2.24, 2.45) is 0 Å². The zero-order valence-electron chi connectivity index (χ0n) is 32.6. The zero-order valence-corrected chi connectivity index (χ0v) is 33.4. The molecule has 1 unspecified atom stereocenters. The van der Waals surface area contributed by atoms with Crippen molar-refractivity contribution < 1.29 is 41.9 Å². The Bertz CT molecular complexity index is 2500. The van der Waals surface area contributed by atoms with Crippen molar-refractivity contribution in [3.05, 3.63) is 77.5 Å². The monoisotopic (exact) mass is 843 g/mol. The summed E-state index contributed by atoms with van der Waals surface area (Å²) in [5.41, 5.74) is 0.109. The van der Waals surface area contributed by atoms with E-state index >= 15 is 4.39 Å². The van der Waals surface area contributed by atoms with E-state index in [9.17, 15) is 42.8 Å². The van der Waals surface area contributed by atoms with Crippen LogP contribution >= 0.6 is 0 Å². The summed E-state index contributed by atoms with van der Waals surface area (Å²) in [6, 6.07) is 8.80. The Kier molecular flexibility index (Phi) is 13.0. The van der Waals surface area contributed by atoms with Crippen LogP contribution in [0.4, 0.5) is 21.7 Å². The van der Waals surface area contributed by atoms with E-state index in [1.807, 2.05) is 6.07 Å². The highest BCUT2D eigenvalue weighted by Crippen LogP contribution is 2.32. The number of anilines is 3. The highest BCUT2D eigenvalue weighted by Gasteiger charge is 2.45. The van der Waals surface area contributed by atoms with Crippen molar-refractivity contribution in [2.75, 3.05) is 30.3 Å². The van der Waals surface area contributed by atoms with Crippen LogP contribution in [0.3, 0.4) is 0 Å². The average Bonchev–Trinajstić information content (AvgIpc) is 3.76. The number of halogens is 1. The van der Waals surface area contributed by atoms with Crippen molar-refractivity contribution in [1.82, 2.24) is 40.0 Å². The molecule has 2 aromatic carbocycles. The fraction of sp³-hybridized carbons (Fsp3) is 0.359. The predicted molar refractivity (Wildman–Crippen MR) is 212 cm³/mol. The molecule has 4 aromatic rings. The third kappa shape index (κ3) is 10.1. The number of unbranched alkanes of at least 4 members (excludes halogenated alkanes) is 3. The average molecular weight is 844 g/mol. The molecule has 0 aliphatic carbocycles. The number of imide groups is 2. The van der Waals surface area contributed by atoms with Gasteiger partial charge in [0.1, 0.15) is 17.9 Å². The predicted octanol–water partition coefficient (Wildman–Crippen LogP) is 2.33. The molecular weight excluding hydrogens is 802 g/mol. The minimum atomic E-state index is -4.05. The van der Waals surface area contributed by atoms with Crippen LogP contribution in [-0.2, 0) is 31.0 Å². The number of nitrogens with one attached hydrogen (secondary N) is 5. The summed E-state index contributed by atoms with van der Waals surface area (Å²) in [4.78, 5) is 71.7. The highest BCUT2D eigenvalue weighted by atomic mass is 32.2. The minimum Gasteiger partial charge on any atom is -0.389 e. The van der Waals surface area contributed by atoms with Gasteiger partial charge >= 0.3 is 0 Å². The molecule has 19 nitrogen and oxygen atoms in total. The van der Waals surface area contributed by atoms with Crippen LogP contribution in [-0.4, -0.2) is 99.0 Å². The van der Waals surface area contributed by atoms with E-state index in [2.05, 4.69) is 41.1 Å². The Morgan fingerprint density at radius 1 is 1.05 bits per heavy atom. The molecule has 1 atom stereocenters. The van der Waals surface area contributed by atoms with Gasteiger partial charge in [0, 0.05) is 37.0 Å². The van der Waals surface area contributed by atoms with Crippen LogP contribution < -0.4 is 26.0 Å². The summed E-state index contributed by atoms with van der Waals surface area (Å²) in [6.45, 7) is 3.68. The standard InChI is InChI=1S/C39H42FN11O8S/c1-39(2,57)22-50-21-24(19-45-50)34-23(17-41)18-44-38(49-34)47-28-11-10-25(16-27(28)40)60(58,59)46-15-6-4-3-5-14-42-32(53)20-43-29-9-7-8-26-33(29)37(56)51(36(26)55)30-12-13-31(52)48-35(30)54/h7-11,16,18-19,21,30,43,46,57H,3-6,12-15,20,22H2,1-2H3,(H,42,53)(H,44,47,49)(H,48,52,54). The number of nitrogens with zero attached hydrogens (tertiary/aromatic N) is 6. The second-order valence-electron chi connectivity index (χ2n) is 14.8. The molecule has 0 radical (unpaired) electrons. The van der Waals surface area contributed by atoms with E-state index in [-0.39, 0.29) is 83.0 Å². The van der Waals surface area contributed by atoms with Crippen molar-refractivity contribution in [3.8, 4) is 17.3 Å². The van der Waals surface area contributed by atoms with Gasteiger partial charge in [-0.15, -0.1) is 0 Å². The Labute approximate surface area is 343 Å². The number of carbonyl (C=O) groups is 5. The molecule has 2 aliphatic heterocycles. The third-order valence-corrected chi connectivity index (χ3v) is 10.9. The second-order valence-corrected chi connectivity index (χ2v) is 16.5. The molecule has 4 heterocycles. The number of amides is 5. The van der Waals surface area contributed by atoms with Crippen LogP contribution in [0.2, 0.25) is 0 Å². The zero-order chi connectivity index (χ0) is 43.2. The first kappa shape index (κ1) is 43.0. The quantitative estimate of drug-likeness (QED) is 0.0620. The van der Waals surface area contributed by atoms with Gasteiger partial charge < -0.3 is 21.1 Å². The van der Waals surface area contributed by atoms with E-state index in [4.69, 9.17) is 0 Å². The molecule has 2 aromatic heterocycles. The number of nitriles is 1. The van der Waals surface area contributed by atoms with E-state index in [1.54, 1.807) is 32.2 Å². The Balaban J connectivity index is 0.911. The number of aromatic nitrogens is 4. The van der Waals surface area contributed by atoms with E-state index < -0.39 is 51.1 Å². The SMILES string of the molecule is CC(C)(O)Cn1cc(-c2nc(Nc3ccc(S(=O)(=O)NCCCCCCNC(=O)CNc4cccc5c4C(=O)N(C4CCC(=O)NC4=O)C5=O)cc3F)ncc2C#N)cn1. The molecule has 6 rings (SSSR count). The van der Waals surface area contributed by atoms with E-state index in [1.165, 1.54) is 35.3 Å². The topological polar surface area (TPSA) is 270 Å². The number of carbonyl (C=O) groups excluding carboxylic acids is 5. The number of hydrogen-bond donors (Lipinski definition) is 6. The lowest BCUT2D eigenvalue weighted by Crippen LogP contribution is -2.54. The smallest absolute Gasteiger partial charge is 0.264 e. The highest BCUT2D eigenvalue weighted by molar-refractivity contribution is 7.89. The molecular formula is C39H42FN11O8S. The third-order valence-electron chi connectivity index (χ3n) is 9.49. The lowest BCUT2D eigenvalue weighted by atomic mass is 10.0. The number of benzene rings is 2. The molecule has 6 N–H and O–H groups in total. The van der Waals surface area contributed by atoms with Crippen molar-refractivity contribution in [2.45, 2.75) is 75.5 Å². The summed E-state index contributed by atoms with van der Waals surface area (Å²) in [7, 11) is -4.05. The fourth-order valence-corrected chi connectivity index (χ4v) is 7.70. The van der Waals surface area contributed by atoms with Crippen LogP contribution in [0, 0.1) is 17.1 Å². The minimum absolute atomic E-state index is 0.00325. The van der Waals surface area contributed by atoms with Gasteiger partial charge in [0.05, 0.1) is 64.1 Å². The lowest BCUT2D eigenvalue weighted by Gasteiger charge is -2.27. The van der Waals surface area contributed by atoms with E-state index in [0.29, 0.717) is 37.8 Å². The molecule has 5 amide bonds. The Morgan fingerprint density at radius 2 is 1.82 bits per heavy atom. The second kappa shape index (κ2) is 18.1. The number of rotatable bonds is 18. The molecule has 1 saturated heterocycles. The lowest BCUT2D eigenvalue weighted by molar-refractivity contribution is -0.136. The van der Waals surface area contributed by atoms with Crippen LogP contribution in [0.15, 0.2) is 59.9 Å². The summed E-state index contributed by atoms with van der Waals surface area (Å²) < 4.78 is 44.9. The largest absolute Gasteiger partial charge is 0.389 e. The van der Waals surface area contributed by atoms with Gasteiger partial charge in [0.15, 0.2) is 0 Å². The van der Waals surface area contributed by atoms with Gasteiger partial charge in [-0.05, 0) is 63.4 Å². The molecule has 2 aliphatic rings. The van der Waals surface area contributed by atoms with Gasteiger partial charge in [-0.2, -0.15) is 10.4 Å². The van der Waals surface area contributed by atoms with Crippen molar-refractivity contribution >= 4 is 56.9 Å². The van der Waals surface area contributed by atoms with Gasteiger partial charge in [0.25, 0.3) is 11.8 Å². The Morgan fingerprint density at radius 3 is 2.53 bits per heavy atom. The summed E-state index contributed by atoms with van der Waals surface area (Å²) in [5, 5.41) is 34.4. The van der Waals surface area contributed by atoms with Crippen LogP contribution in [0.5, 0.6) is 0 Å². The summed E-state index contributed by atoms with van der Waals surface area (Å²) in [6.07, 6.45) is 6.76. The van der Waals surface area contributed by atoms with Gasteiger partial charge in [-0.3, -0.25) is 38.9 Å². The summed E-state index contributed by atoms with van der Waals surface area (Å²) >= 11 is 0. The number of sulfonamides is 1. The molecule has 60 heavy (non-hydrogen) atoms. The maximum absolute atomic E-state index is 15.1. The van der Waals surface area contributed by atoms with Gasteiger partial charge in [-0.25, -0.2) is 27.5 Å². The number of piperidine rings is 1. The first-order valence-corrected chi connectivity index (χ1v) is 20.5. The number of hydrogen-bond acceptors (Lipinski definition) is 14. The first-order chi connectivity index (χ1) is 28.5. The van der Waals surface area contributed by atoms with Crippen LogP contribution in [0.25, 0.3) is 11.3 Å². The van der Waals surface area contributed by atoms with Crippen molar-refractivity contribution in [1.29, 1.82) is 5.26 Å². The van der Waals surface area contributed by atoms with Gasteiger partial charge in [-0.1, -0.05) is 18.9 Å². The molecule has 0 spiro atoms. The molecule has 21 heteroatoms. The Hall–Kier alpha value is -6.63. The van der Waals surface area contributed by atoms with Gasteiger partial charge in [0.2, 0.25) is 33.7 Å². The molecule has 314 valence electrons. The van der Waals surface area contributed by atoms with Crippen LogP contribution in [0.1, 0.15) is 78.7 Å². The van der Waals surface area contributed by atoms with Crippen molar-refractivity contribution in [3.63, 3.8) is 0 Å². The maximum Gasteiger partial charge on any atom is 0.264 e. The molecule has 1 fully saturated rings. The van der Waals surface area contributed by atoms with E-state index in [0.717, 1.165) is 11.0 Å². The number of fused-ring (bicyclic) bond motifs is 1. The maximum atomic E-state index is 15.1. The molecule has 0 bridgehead atoms. The first-order valence-electron chi connectivity index (χ1n) is 19.0. The summed E-state index contributed by atoms with van der Waals surface area (Å²) in [5.74, 6) is -3.82. The normalized spacial score (nSPS) is 15.4. The molecule has 0 saturated carbocycles. The number of aliphatic hydroxyl groups is 1.